The summed E-state index contributed by atoms with van der Waals surface area (Å²) in [5.74, 6) is -1.04. The lowest BCUT2D eigenvalue weighted by atomic mass is 9.92. The molecule has 5 heteroatoms. The van der Waals surface area contributed by atoms with E-state index in [1.165, 1.54) is 6.07 Å². The molecule has 19 heavy (non-hydrogen) atoms. The lowest BCUT2D eigenvalue weighted by Gasteiger charge is -2.35. The van der Waals surface area contributed by atoms with Gasteiger partial charge < -0.3 is 0 Å². The van der Waals surface area contributed by atoms with Crippen molar-refractivity contribution >= 4 is 5.91 Å². The lowest BCUT2D eigenvalue weighted by Crippen LogP contribution is -2.39. The van der Waals surface area contributed by atoms with Crippen molar-refractivity contribution in [1.82, 2.24) is 10.4 Å². The predicted octanol–water partition coefficient (Wildman–Crippen LogP) is 2.10. The van der Waals surface area contributed by atoms with Crippen LogP contribution in [0.1, 0.15) is 41.8 Å². The van der Waals surface area contributed by atoms with Gasteiger partial charge in [-0.1, -0.05) is 6.92 Å². The molecule has 1 aromatic carbocycles. The number of rotatable bonds is 3. The van der Waals surface area contributed by atoms with Crippen molar-refractivity contribution in [1.29, 1.82) is 0 Å². The van der Waals surface area contributed by atoms with Gasteiger partial charge in [-0.3, -0.25) is 14.9 Å². The maximum absolute atomic E-state index is 14.0. The molecule has 0 aromatic heterocycles. The van der Waals surface area contributed by atoms with Crippen molar-refractivity contribution in [2.45, 2.75) is 39.3 Å². The third-order valence-corrected chi connectivity index (χ3v) is 3.66. The predicted molar refractivity (Wildman–Crippen MR) is 69.5 cm³/mol. The van der Waals surface area contributed by atoms with Gasteiger partial charge >= 0.3 is 0 Å². The molecule has 1 aliphatic heterocycles. The largest absolute Gasteiger partial charge is 0.296 e. The molecule has 2 N–H and O–H groups in total. The van der Waals surface area contributed by atoms with Gasteiger partial charge in [0.05, 0.1) is 0 Å². The van der Waals surface area contributed by atoms with Crippen LogP contribution in [0.4, 0.5) is 4.39 Å². The Morgan fingerprint density at radius 2 is 2.32 bits per heavy atom. The fourth-order valence-electron chi connectivity index (χ4n) is 2.64. The van der Waals surface area contributed by atoms with Crippen LogP contribution in [0.3, 0.4) is 0 Å². The Hall–Kier alpha value is -1.46. The summed E-state index contributed by atoms with van der Waals surface area (Å²) in [5, 5.41) is 8.63. The normalized spacial score (nSPS) is 19.1. The third-order valence-electron chi connectivity index (χ3n) is 3.66. The first-order chi connectivity index (χ1) is 9.06. The van der Waals surface area contributed by atoms with Crippen molar-refractivity contribution in [2.24, 2.45) is 0 Å². The molecule has 104 valence electrons. The fourth-order valence-corrected chi connectivity index (χ4v) is 2.64. The number of nitrogens with one attached hydrogen (secondary N) is 1. The molecule has 4 nitrogen and oxygen atoms in total. The summed E-state index contributed by atoms with van der Waals surface area (Å²) in [4.78, 5) is 13.7. The number of hydroxylamine groups is 1. The van der Waals surface area contributed by atoms with Crippen molar-refractivity contribution in [3.05, 3.63) is 34.6 Å². The highest BCUT2D eigenvalue weighted by Gasteiger charge is 2.25. The van der Waals surface area contributed by atoms with Gasteiger partial charge in [0, 0.05) is 18.2 Å². The number of fused-ring (bicyclic) bond motifs is 1. The molecule has 1 heterocycles. The van der Waals surface area contributed by atoms with Crippen molar-refractivity contribution in [2.75, 3.05) is 6.54 Å². The van der Waals surface area contributed by atoms with Crippen LogP contribution in [0.5, 0.6) is 0 Å². The quantitative estimate of drug-likeness (QED) is 0.650. The molecule has 0 spiro atoms. The van der Waals surface area contributed by atoms with Gasteiger partial charge in [0.1, 0.15) is 5.82 Å². The monoisotopic (exact) mass is 266 g/mol. The van der Waals surface area contributed by atoms with Crippen LogP contribution < -0.4 is 5.48 Å². The molecule has 0 bridgehead atoms. The summed E-state index contributed by atoms with van der Waals surface area (Å²) in [6, 6.07) is 3.16. The molecular formula is C14H19FN2O2. The molecule has 2 rings (SSSR count). The van der Waals surface area contributed by atoms with Crippen molar-refractivity contribution < 1.29 is 14.4 Å². The minimum atomic E-state index is -0.678. The van der Waals surface area contributed by atoms with Gasteiger partial charge in [-0.25, -0.2) is 9.87 Å². The highest BCUT2D eigenvalue weighted by molar-refractivity contribution is 5.93. The second kappa shape index (κ2) is 5.67. The molecular weight excluding hydrogens is 247 g/mol. The fraction of sp³-hybridized carbons (Fsp3) is 0.500. The van der Waals surface area contributed by atoms with E-state index in [2.05, 4.69) is 18.7 Å². The highest BCUT2D eigenvalue weighted by atomic mass is 19.1. The average molecular weight is 266 g/mol. The minimum Gasteiger partial charge on any atom is -0.296 e. The Morgan fingerprint density at radius 1 is 1.58 bits per heavy atom. The summed E-state index contributed by atoms with van der Waals surface area (Å²) >= 11 is 0. The Morgan fingerprint density at radius 3 is 2.95 bits per heavy atom. The molecule has 0 fully saturated rings. The van der Waals surface area contributed by atoms with E-state index in [0.717, 1.165) is 18.5 Å². The smallest absolute Gasteiger partial charge is 0.274 e. The number of halogens is 1. The molecule has 0 radical (unpaired) electrons. The van der Waals surface area contributed by atoms with Gasteiger partial charge in [0.15, 0.2) is 0 Å². The van der Waals surface area contributed by atoms with Gasteiger partial charge in [-0.15, -0.1) is 0 Å². The summed E-state index contributed by atoms with van der Waals surface area (Å²) in [5.41, 5.74) is 3.23. The van der Waals surface area contributed by atoms with Crippen LogP contribution >= 0.6 is 0 Å². The zero-order valence-corrected chi connectivity index (χ0v) is 11.2. The Bertz CT molecular complexity index is 491. The van der Waals surface area contributed by atoms with E-state index in [1.807, 2.05) is 0 Å². The maximum Gasteiger partial charge on any atom is 0.274 e. The number of carbonyl (C=O) groups is 1. The molecule has 0 aliphatic carbocycles. The van der Waals surface area contributed by atoms with Gasteiger partial charge in [0.2, 0.25) is 0 Å². The van der Waals surface area contributed by atoms with Crippen LogP contribution in [0.15, 0.2) is 12.1 Å². The zero-order chi connectivity index (χ0) is 14.0. The molecule has 1 aromatic rings. The first kappa shape index (κ1) is 14.0. The zero-order valence-electron chi connectivity index (χ0n) is 11.2. The number of carbonyl (C=O) groups excluding carboxylic acids is 1. The van der Waals surface area contributed by atoms with Gasteiger partial charge in [-0.2, -0.15) is 0 Å². The van der Waals surface area contributed by atoms with Crippen LogP contribution in [-0.2, 0) is 13.0 Å². The number of hydrogen-bond donors (Lipinski definition) is 2. The SMILES string of the molecule is CCCN1Cc2cc(C(=O)NO)cc(F)c2CC1C. The van der Waals surface area contributed by atoms with E-state index >= 15 is 0 Å². The van der Waals surface area contributed by atoms with E-state index in [9.17, 15) is 9.18 Å². The lowest BCUT2D eigenvalue weighted by molar-refractivity contribution is 0.0705. The van der Waals surface area contributed by atoms with Crippen molar-refractivity contribution in [3.8, 4) is 0 Å². The topological polar surface area (TPSA) is 52.6 Å². The molecule has 1 amide bonds. The number of benzene rings is 1. The van der Waals surface area contributed by atoms with Crippen LogP contribution in [0, 0.1) is 5.82 Å². The van der Waals surface area contributed by atoms with Gasteiger partial charge in [-0.05, 0) is 49.6 Å². The summed E-state index contributed by atoms with van der Waals surface area (Å²) in [6.45, 7) is 5.80. The molecule has 0 saturated carbocycles. The van der Waals surface area contributed by atoms with E-state index in [-0.39, 0.29) is 11.4 Å². The van der Waals surface area contributed by atoms with Crippen LogP contribution in [-0.4, -0.2) is 28.6 Å². The van der Waals surface area contributed by atoms with Crippen molar-refractivity contribution in [3.63, 3.8) is 0 Å². The molecule has 0 saturated heterocycles. The molecule has 1 atom stereocenters. The van der Waals surface area contributed by atoms with E-state index in [1.54, 1.807) is 11.5 Å². The van der Waals surface area contributed by atoms with E-state index in [0.29, 0.717) is 24.6 Å². The second-order valence-electron chi connectivity index (χ2n) is 5.06. The Balaban J connectivity index is 2.35. The van der Waals surface area contributed by atoms with Crippen LogP contribution in [0.25, 0.3) is 0 Å². The Kier molecular flexibility index (Phi) is 4.17. The molecule has 1 unspecified atom stereocenters. The molecule has 1 aliphatic rings. The Labute approximate surface area is 112 Å². The summed E-state index contributed by atoms with van der Waals surface area (Å²) in [7, 11) is 0. The van der Waals surface area contributed by atoms with Crippen LogP contribution in [0.2, 0.25) is 0 Å². The van der Waals surface area contributed by atoms with Gasteiger partial charge in [0.25, 0.3) is 5.91 Å². The standard InChI is InChI=1S/C14H19FN2O2/c1-3-4-17-8-11-6-10(14(18)16-19)7-13(15)12(11)5-9(17)2/h6-7,9,19H,3-5,8H2,1-2H3,(H,16,18). The summed E-state index contributed by atoms with van der Waals surface area (Å²) in [6.07, 6.45) is 1.70. The third kappa shape index (κ3) is 2.77. The second-order valence-corrected chi connectivity index (χ2v) is 5.06. The van der Waals surface area contributed by atoms with E-state index in [4.69, 9.17) is 5.21 Å². The first-order valence-electron chi connectivity index (χ1n) is 6.56. The number of hydrogen-bond acceptors (Lipinski definition) is 3. The number of amides is 1. The maximum atomic E-state index is 14.0. The minimum absolute atomic E-state index is 0.157. The summed E-state index contributed by atoms with van der Waals surface area (Å²) < 4.78 is 14.0. The van der Waals surface area contributed by atoms with E-state index < -0.39 is 5.91 Å². The number of nitrogens with zero attached hydrogens (tertiary/aromatic N) is 1. The first-order valence-corrected chi connectivity index (χ1v) is 6.56. The average Bonchev–Trinajstić information content (AvgIpc) is 2.39. The highest BCUT2D eigenvalue weighted by Crippen LogP contribution is 2.27.